The molecule has 0 saturated heterocycles. The van der Waals surface area contributed by atoms with Gasteiger partial charge in [-0.05, 0) is 31.5 Å². The third-order valence-electron chi connectivity index (χ3n) is 3.06. The van der Waals surface area contributed by atoms with Crippen molar-refractivity contribution < 1.29 is 8.42 Å². The Labute approximate surface area is 123 Å². The molecule has 0 aliphatic heterocycles. The van der Waals surface area contributed by atoms with E-state index in [2.05, 4.69) is 17.2 Å². The van der Waals surface area contributed by atoms with Crippen molar-refractivity contribution in [3.8, 4) is 0 Å². The molecule has 0 fully saturated rings. The van der Waals surface area contributed by atoms with Crippen molar-refractivity contribution in [2.45, 2.75) is 31.3 Å². The molecule has 0 aliphatic carbocycles. The van der Waals surface area contributed by atoms with Gasteiger partial charge in [-0.3, -0.25) is 0 Å². The number of nitrogens with zero attached hydrogens (tertiary/aromatic N) is 1. The molecule has 6 heteroatoms. The maximum atomic E-state index is 11.4. The molecule has 0 spiro atoms. The van der Waals surface area contributed by atoms with Gasteiger partial charge in [0.2, 0.25) is 0 Å². The minimum atomic E-state index is -3.13. The quantitative estimate of drug-likeness (QED) is 0.922. The minimum Gasteiger partial charge on any atom is -0.305 e. The number of thiazole rings is 1. The first kappa shape index (κ1) is 15.2. The van der Waals surface area contributed by atoms with Crippen molar-refractivity contribution in [3.05, 3.63) is 45.9 Å². The van der Waals surface area contributed by atoms with Crippen molar-refractivity contribution >= 4 is 21.2 Å². The molecule has 1 atom stereocenters. The van der Waals surface area contributed by atoms with Crippen molar-refractivity contribution in [2.24, 2.45) is 0 Å². The highest BCUT2D eigenvalue weighted by Crippen LogP contribution is 2.17. The van der Waals surface area contributed by atoms with Crippen LogP contribution in [0.4, 0.5) is 0 Å². The smallest absolute Gasteiger partial charge is 0.175 e. The SMILES string of the molecule is Cc1nc(CNC(C)c2ccc(S(C)(=O)=O)cc2)cs1. The van der Waals surface area contributed by atoms with Crippen LogP contribution >= 0.6 is 11.3 Å². The Morgan fingerprint density at radius 1 is 1.30 bits per heavy atom. The summed E-state index contributed by atoms with van der Waals surface area (Å²) in [4.78, 5) is 4.75. The summed E-state index contributed by atoms with van der Waals surface area (Å²) in [5.74, 6) is 0. The van der Waals surface area contributed by atoms with E-state index in [1.165, 1.54) is 6.26 Å². The lowest BCUT2D eigenvalue weighted by atomic mass is 10.1. The van der Waals surface area contributed by atoms with Crippen molar-refractivity contribution in [2.75, 3.05) is 6.26 Å². The number of rotatable bonds is 5. The van der Waals surface area contributed by atoms with Crippen LogP contribution in [0.5, 0.6) is 0 Å². The monoisotopic (exact) mass is 310 g/mol. The van der Waals surface area contributed by atoms with Gasteiger partial charge in [0.1, 0.15) is 0 Å². The maximum Gasteiger partial charge on any atom is 0.175 e. The molecule has 2 rings (SSSR count). The first-order valence-electron chi connectivity index (χ1n) is 6.30. The Kier molecular flexibility index (Phi) is 4.57. The van der Waals surface area contributed by atoms with Crippen LogP contribution in [0.1, 0.15) is 29.2 Å². The Morgan fingerprint density at radius 3 is 2.45 bits per heavy atom. The summed E-state index contributed by atoms with van der Waals surface area (Å²) >= 11 is 1.64. The Hall–Kier alpha value is -1.24. The van der Waals surface area contributed by atoms with Crippen LogP contribution in [0.15, 0.2) is 34.5 Å². The van der Waals surface area contributed by atoms with E-state index in [0.29, 0.717) is 11.4 Å². The van der Waals surface area contributed by atoms with Gasteiger partial charge in [0.25, 0.3) is 0 Å². The number of hydrogen-bond acceptors (Lipinski definition) is 5. The van der Waals surface area contributed by atoms with E-state index in [1.54, 1.807) is 23.5 Å². The Morgan fingerprint density at radius 2 is 1.95 bits per heavy atom. The minimum absolute atomic E-state index is 0.144. The molecule has 0 radical (unpaired) electrons. The van der Waals surface area contributed by atoms with Crippen LogP contribution in [-0.2, 0) is 16.4 Å². The van der Waals surface area contributed by atoms with Crippen molar-refractivity contribution in [1.82, 2.24) is 10.3 Å². The van der Waals surface area contributed by atoms with E-state index in [4.69, 9.17) is 0 Å². The largest absolute Gasteiger partial charge is 0.305 e. The van der Waals surface area contributed by atoms with E-state index in [1.807, 2.05) is 24.4 Å². The molecule has 1 heterocycles. The highest BCUT2D eigenvalue weighted by atomic mass is 32.2. The van der Waals surface area contributed by atoms with Crippen LogP contribution in [0.2, 0.25) is 0 Å². The van der Waals surface area contributed by atoms with E-state index in [9.17, 15) is 8.42 Å². The molecule has 1 unspecified atom stereocenters. The first-order chi connectivity index (χ1) is 9.36. The van der Waals surface area contributed by atoms with Gasteiger partial charge in [-0.25, -0.2) is 13.4 Å². The normalized spacial score (nSPS) is 13.3. The van der Waals surface area contributed by atoms with Crippen LogP contribution in [0.25, 0.3) is 0 Å². The predicted octanol–water partition coefficient (Wildman–Crippen LogP) is 2.71. The summed E-state index contributed by atoms with van der Waals surface area (Å²) in [7, 11) is -3.13. The fraction of sp³-hybridized carbons (Fsp3) is 0.357. The number of aromatic nitrogens is 1. The van der Waals surface area contributed by atoms with Gasteiger partial charge in [-0.2, -0.15) is 0 Å². The lowest BCUT2D eigenvalue weighted by molar-refractivity contribution is 0.568. The lowest BCUT2D eigenvalue weighted by Crippen LogP contribution is -2.18. The summed E-state index contributed by atoms with van der Waals surface area (Å²) in [6.45, 7) is 4.75. The standard InChI is InChI=1S/C14H18N2O2S2/c1-10(15-8-13-9-19-11(2)16-13)12-4-6-14(7-5-12)20(3,17)18/h4-7,9-10,15H,8H2,1-3H3. The van der Waals surface area contributed by atoms with E-state index in [0.717, 1.165) is 16.3 Å². The average Bonchev–Trinajstić information content (AvgIpc) is 2.81. The third-order valence-corrected chi connectivity index (χ3v) is 5.01. The number of benzene rings is 1. The van der Waals surface area contributed by atoms with E-state index < -0.39 is 9.84 Å². The van der Waals surface area contributed by atoms with E-state index in [-0.39, 0.29) is 6.04 Å². The first-order valence-corrected chi connectivity index (χ1v) is 9.08. The van der Waals surface area contributed by atoms with Gasteiger partial charge < -0.3 is 5.32 Å². The zero-order chi connectivity index (χ0) is 14.8. The summed E-state index contributed by atoms with van der Waals surface area (Å²) in [6.07, 6.45) is 1.22. The molecule has 1 aromatic heterocycles. The number of nitrogens with one attached hydrogen (secondary N) is 1. The number of aryl methyl sites for hydroxylation is 1. The van der Waals surface area contributed by atoms with Gasteiger partial charge in [0.15, 0.2) is 9.84 Å². The molecule has 20 heavy (non-hydrogen) atoms. The van der Waals surface area contributed by atoms with Gasteiger partial charge in [-0.1, -0.05) is 12.1 Å². The fourth-order valence-electron chi connectivity index (χ4n) is 1.87. The molecule has 4 nitrogen and oxygen atoms in total. The molecular formula is C14H18N2O2S2. The molecule has 0 aliphatic rings. The molecule has 108 valence electrons. The van der Waals surface area contributed by atoms with Crippen LogP contribution in [0.3, 0.4) is 0 Å². The lowest BCUT2D eigenvalue weighted by Gasteiger charge is -2.13. The van der Waals surface area contributed by atoms with Gasteiger partial charge >= 0.3 is 0 Å². The molecule has 1 N–H and O–H groups in total. The highest BCUT2D eigenvalue weighted by molar-refractivity contribution is 7.90. The second-order valence-corrected chi connectivity index (χ2v) is 7.88. The Bertz CT molecular complexity index is 675. The highest BCUT2D eigenvalue weighted by Gasteiger charge is 2.09. The van der Waals surface area contributed by atoms with Gasteiger partial charge in [0, 0.05) is 24.2 Å². The van der Waals surface area contributed by atoms with Crippen molar-refractivity contribution in [3.63, 3.8) is 0 Å². The zero-order valence-corrected chi connectivity index (χ0v) is 13.4. The molecule has 2 aromatic rings. The maximum absolute atomic E-state index is 11.4. The molecule has 0 bridgehead atoms. The molecule has 0 amide bonds. The summed E-state index contributed by atoms with van der Waals surface area (Å²) in [5, 5.41) is 6.49. The topological polar surface area (TPSA) is 59.1 Å². The summed E-state index contributed by atoms with van der Waals surface area (Å²) < 4.78 is 22.8. The molecular weight excluding hydrogens is 292 g/mol. The third kappa shape index (κ3) is 3.88. The zero-order valence-electron chi connectivity index (χ0n) is 11.8. The average molecular weight is 310 g/mol. The van der Waals surface area contributed by atoms with Crippen molar-refractivity contribution in [1.29, 1.82) is 0 Å². The van der Waals surface area contributed by atoms with E-state index >= 15 is 0 Å². The second kappa shape index (κ2) is 6.03. The van der Waals surface area contributed by atoms with Gasteiger partial charge in [-0.15, -0.1) is 11.3 Å². The summed E-state index contributed by atoms with van der Waals surface area (Å²) in [5.41, 5.74) is 2.09. The van der Waals surface area contributed by atoms with Crippen LogP contribution < -0.4 is 5.32 Å². The molecule has 0 saturated carbocycles. The van der Waals surface area contributed by atoms with Crippen LogP contribution in [0, 0.1) is 6.92 Å². The fourth-order valence-corrected chi connectivity index (χ4v) is 3.11. The predicted molar refractivity (Wildman–Crippen MR) is 81.7 cm³/mol. The summed E-state index contributed by atoms with van der Waals surface area (Å²) in [6, 6.07) is 7.14. The Balaban J connectivity index is 2.00. The number of hydrogen-bond donors (Lipinski definition) is 1. The second-order valence-electron chi connectivity index (χ2n) is 4.80. The van der Waals surface area contributed by atoms with Crippen LogP contribution in [-0.4, -0.2) is 19.7 Å². The molecule has 1 aromatic carbocycles. The number of sulfone groups is 1. The van der Waals surface area contributed by atoms with Gasteiger partial charge in [0.05, 0.1) is 15.6 Å².